The molecule has 0 fully saturated rings. The molecule has 1 aromatic heterocycles. The molecule has 7 heteroatoms. The van der Waals surface area contributed by atoms with E-state index in [1.54, 1.807) is 25.3 Å². The number of methoxy groups -OCH3 is 1. The first-order valence-electron chi connectivity index (χ1n) is 5.32. The van der Waals surface area contributed by atoms with Gasteiger partial charge in [0.1, 0.15) is 5.75 Å². The van der Waals surface area contributed by atoms with Gasteiger partial charge in [-0.15, -0.1) is 0 Å². The molecule has 0 atom stereocenters. The van der Waals surface area contributed by atoms with Crippen molar-refractivity contribution in [2.75, 3.05) is 7.11 Å². The van der Waals surface area contributed by atoms with Gasteiger partial charge in [-0.2, -0.15) is 18.3 Å². The van der Waals surface area contributed by atoms with Crippen molar-refractivity contribution < 1.29 is 17.9 Å². The highest BCUT2D eigenvalue weighted by Crippen LogP contribution is 2.29. The van der Waals surface area contributed by atoms with Crippen molar-refractivity contribution in [1.29, 1.82) is 0 Å². The maximum Gasteiger partial charge on any atom is 0.419 e. The number of rotatable bonds is 3. The van der Waals surface area contributed by atoms with Crippen LogP contribution in [0.1, 0.15) is 11.1 Å². The van der Waals surface area contributed by atoms with Crippen LogP contribution in [0.25, 0.3) is 0 Å². The number of benzene rings is 1. The van der Waals surface area contributed by atoms with Gasteiger partial charge in [-0.05, 0) is 33.6 Å². The summed E-state index contributed by atoms with van der Waals surface area (Å²) in [5, 5.41) is 3.70. The largest absolute Gasteiger partial charge is 0.496 e. The summed E-state index contributed by atoms with van der Waals surface area (Å²) in [5.41, 5.74) is 0.0737. The van der Waals surface area contributed by atoms with Gasteiger partial charge in [0, 0.05) is 6.20 Å². The zero-order valence-corrected chi connectivity index (χ0v) is 11.5. The minimum atomic E-state index is -4.36. The lowest BCUT2D eigenvalue weighted by atomic mass is 10.2. The number of halogens is 4. The first-order valence-corrected chi connectivity index (χ1v) is 6.11. The SMILES string of the molecule is COc1ccc(Cn2cc(C(F)(F)F)cn2)cc1Br. The van der Waals surface area contributed by atoms with Gasteiger partial charge in [-0.1, -0.05) is 6.07 Å². The van der Waals surface area contributed by atoms with Crippen LogP contribution in [0, 0.1) is 0 Å². The first-order chi connectivity index (χ1) is 8.90. The van der Waals surface area contributed by atoms with Gasteiger partial charge in [0.15, 0.2) is 0 Å². The predicted molar refractivity (Wildman–Crippen MR) is 67.0 cm³/mol. The molecular weight excluding hydrogens is 325 g/mol. The summed E-state index contributed by atoms with van der Waals surface area (Å²) in [7, 11) is 1.54. The van der Waals surface area contributed by atoms with Gasteiger partial charge in [0.2, 0.25) is 0 Å². The van der Waals surface area contributed by atoms with Crippen LogP contribution in [0.2, 0.25) is 0 Å². The van der Waals surface area contributed by atoms with Gasteiger partial charge in [0.05, 0.1) is 29.9 Å². The normalized spacial score (nSPS) is 11.6. The quantitative estimate of drug-likeness (QED) is 0.855. The van der Waals surface area contributed by atoms with Crippen molar-refractivity contribution >= 4 is 15.9 Å². The molecule has 0 radical (unpaired) electrons. The van der Waals surface area contributed by atoms with E-state index in [0.29, 0.717) is 5.75 Å². The Balaban J connectivity index is 2.17. The molecule has 19 heavy (non-hydrogen) atoms. The summed E-state index contributed by atoms with van der Waals surface area (Å²) in [6, 6.07) is 5.31. The number of hydrogen-bond donors (Lipinski definition) is 0. The number of ether oxygens (including phenoxy) is 1. The molecule has 3 nitrogen and oxygen atoms in total. The molecule has 0 aliphatic heterocycles. The zero-order chi connectivity index (χ0) is 14.0. The van der Waals surface area contributed by atoms with Crippen LogP contribution < -0.4 is 4.74 Å². The Morgan fingerprint density at radius 2 is 2.11 bits per heavy atom. The van der Waals surface area contributed by atoms with Crippen LogP contribution in [0.15, 0.2) is 35.1 Å². The summed E-state index contributed by atoms with van der Waals surface area (Å²) in [5.74, 6) is 0.667. The van der Waals surface area contributed by atoms with E-state index in [9.17, 15) is 13.2 Å². The van der Waals surface area contributed by atoms with Crippen LogP contribution in [0.4, 0.5) is 13.2 Å². The maximum absolute atomic E-state index is 12.4. The maximum atomic E-state index is 12.4. The lowest BCUT2D eigenvalue weighted by Crippen LogP contribution is -2.04. The molecule has 0 aliphatic carbocycles. The van der Waals surface area contributed by atoms with Crippen molar-refractivity contribution in [3.8, 4) is 5.75 Å². The summed E-state index contributed by atoms with van der Waals surface area (Å²) in [6.07, 6.45) is -2.56. The van der Waals surface area contributed by atoms with E-state index >= 15 is 0 Å². The van der Waals surface area contributed by atoms with E-state index in [1.165, 1.54) is 4.68 Å². The Morgan fingerprint density at radius 1 is 1.37 bits per heavy atom. The summed E-state index contributed by atoms with van der Waals surface area (Å²) >= 11 is 3.32. The number of aromatic nitrogens is 2. The second-order valence-corrected chi connectivity index (χ2v) is 4.75. The fraction of sp³-hybridized carbons (Fsp3) is 0.250. The van der Waals surface area contributed by atoms with Crippen molar-refractivity contribution in [2.45, 2.75) is 12.7 Å². The molecule has 0 amide bonds. The van der Waals surface area contributed by atoms with Gasteiger partial charge < -0.3 is 4.74 Å². The van der Waals surface area contributed by atoms with Crippen LogP contribution in [0.3, 0.4) is 0 Å². The Bertz CT molecular complexity index is 581. The number of hydrogen-bond acceptors (Lipinski definition) is 2. The van der Waals surface area contributed by atoms with Gasteiger partial charge >= 0.3 is 6.18 Å². The highest BCUT2D eigenvalue weighted by Gasteiger charge is 2.32. The average molecular weight is 335 g/mol. The molecule has 1 heterocycles. The summed E-state index contributed by atoms with van der Waals surface area (Å²) < 4.78 is 44.4. The summed E-state index contributed by atoms with van der Waals surface area (Å²) in [6.45, 7) is 0.263. The third kappa shape index (κ3) is 3.28. The highest BCUT2D eigenvalue weighted by molar-refractivity contribution is 9.10. The molecule has 0 aliphatic rings. The molecule has 0 spiro atoms. The molecule has 0 saturated heterocycles. The monoisotopic (exact) mass is 334 g/mol. The van der Waals surface area contributed by atoms with Crippen molar-refractivity contribution in [3.63, 3.8) is 0 Å². The van der Waals surface area contributed by atoms with E-state index in [1.807, 2.05) is 0 Å². The molecule has 2 aromatic rings. The van der Waals surface area contributed by atoms with Crippen LogP contribution in [-0.2, 0) is 12.7 Å². The molecule has 0 bridgehead atoms. The van der Waals surface area contributed by atoms with Gasteiger partial charge in [0.25, 0.3) is 0 Å². The fourth-order valence-electron chi connectivity index (χ4n) is 1.59. The third-order valence-corrected chi connectivity index (χ3v) is 3.14. The fourth-order valence-corrected chi connectivity index (χ4v) is 2.18. The Hall–Kier alpha value is -1.50. The molecule has 102 valence electrons. The first kappa shape index (κ1) is 13.9. The molecule has 0 unspecified atom stereocenters. The minimum absolute atomic E-state index is 0.263. The lowest BCUT2D eigenvalue weighted by molar-refractivity contribution is -0.137. The predicted octanol–water partition coefficient (Wildman–Crippen LogP) is 3.72. The van der Waals surface area contributed by atoms with E-state index in [0.717, 1.165) is 22.4 Å². The van der Waals surface area contributed by atoms with Crippen LogP contribution in [0.5, 0.6) is 5.75 Å². The third-order valence-electron chi connectivity index (χ3n) is 2.52. The number of nitrogens with zero attached hydrogens (tertiary/aromatic N) is 2. The highest BCUT2D eigenvalue weighted by atomic mass is 79.9. The number of alkyl halides is 3. The van der Waals surface area contributed by atoms with E-state index < -0.39 is 11.7 Å². The molecular formula is C12H10BrF3N2O. The Morgan fingerprint density at radius 3 is 2.63 bits per heavy atom. The topological polar surface area (TPSA) is 27.1 Å². The second-order valence-electron chi connectivity index (χ2n) is 3.89. The average Bonchev–Trinajstić information content (AvgIpc) is 2.77. The van der Waals surface area contributed by atoms with Crippen molar-refractivity contribution in [2.24, 2.45) is 0 Å². The van der Waals surface area contributed by atoms with Gasteiger partial charge in [-0.25, -0.2) is 0 Å². The van der Waals surface area contributed by atoms with Crippen molar-refractivity contribution in [3.05, 3.63) is 46.2 Å². The minimum Gasteiger partial charge on any atom is -0.496 e. The smallest absolute Gasteiger partial charge is 0.419 e. The van der Waals surface area contributed by atoms with E-state index in [2.05, 4.69) is 21.0 Å². The van der Waals surface area contributed by atoms with Crippen LogP contribution >= 0.6 is 15.9 Å². The van der Waals surface area contributed by atoms with Gasteiger partial charge in [-0.3, -0.25) is 4.68 Å². The molecule has 1 aromatic carbocycles. The van der Waals surface area contributed by atoms with E-state index in [4.69, 9.17) is 4.74 Å². The lowest BCUT2D eigenvalue weighted by Gasteiger charge is -2.06. The van der Waals surface area contributed by atoms with E-state index in [-0.39, 0.29) is 6.54 Å². The second kappa shape index (κ2) is 5.24. The molecule has 0 saturated carbocycles. The van der Waals surface area contributed by atoms with Crippen molar-refractivity contribution in [1.82, 2.24) is 9.78 Å². The standard InChI is InChI=1S/C12H10BrF3N2O/c1-19-11-3-2-8(4-10(11)13)6-18-7-9(5-17-18)12(14,15)16/h2-5,7H,6H2,1H3. The zero-order valence-electron chi connectivity index (χ0n) is 9.91. The summed E-state index contributed by atoms with van der Waals surface area (Å²) in [4.78, 5) is 0. The molecule has 0 N–H and O–H groups in total. The Kier molecular flexibility index (Phi) is 3.84. The molecule has 2 rings (SSSR count). The Labute approximate surface area is 116 Å². The van der Waals surface area contributed by atoms with Crippen LogP contribution in [-0.4, -0.2) is 16.9 Å².